The number of hydrogen-bond acceptors (Lipinski definition) is 9. The first-order valence-electron chi connectivity index (χ1n) is 13.1. The molecule has 204 valence electrons. The number of benzene rings is 1. The number of amides is 1. The number of likely N-dealkylation sites (tertiary alicyclic amines) is 1. The Bertz CT molecular complexity index is 928. The third-order valence-corrected chi connectivity index (χ3v) is 7.25. The van der Waals surface area contributed by atoms with Crippen molar-refractivity contribution < 1.29 is 38.5 Å². The number of nitro benzene ring substituents is 1. The lowest BCUT2D eigenvalue weighted by molar-refractivity contribution is -0.384. The first-order valence-corrected chi connectivity index (χ1v) is 13.1. The van der Waals surface area contributed by atoms with Crippen LogP contribution in [0.25, 0.3) is 0 Å². The first-order chi connectivity index (χ1) is 17.8. The van der Waals surface area contributed by atoms with E-state index in [0.717, 1.165) is 38.5 Å². The van der Waals surface area contributed by atoms with E-state index in [9.17, 15) is 19.7 Å². The fourth-order valence-electron chi connectivity index (χ4n) is 5.26. The number of nitrogens with zero attached hydrogens (tertiary/aromatic N) is 2. The van der Waals surface area contributed by atoms with E-state index >= 15 is 0 Å². The van der Waals surface area contributed by atoms with E-state index in [0.29, 0.717) is 25.4 Å². The maximum atomic E-state index is 13.3. The molecule has 3 saturated heterocycles. The summed E-state index contributed by atoms with van der Waals surface area (Å²) in [4.78, 5) is 48.1. The van der Waals surface area contributed by atoms with Gasteiger partial charge in [0.1, 0.15) is 12.3 Å². The van der Waals surface area contributed by atoms with Gasteiger partial charge in [0.15, 0.2) is 6.29 Å². The van der Waals surface area contributed by atoms with Crippen LogP contribution in [0, 0.1) is 22.0 Å². The predicted octanol–water partition coefficient (Wildman–Crippen LogP) is 3.53. The van der Waals surface area contributed by atoms with Crippen molar-refractivity contribution in [3.63, 3.8) is 0 Å². The van der Waals surface area contributed by atoms with Crippen LogP contribution in [0.3, 0.4) is 0 Å². The minimum absolute atomic E-state index is 0.0133. The second kappa shape index (κ2) is 12.8. The maximum Gasteiger partial charge on any atom is 0.346 e. The monoisotopic (exact) mass is 520 g/mol. The second-order valence-electron chi connectivity index (χ2n) is 10.0. The maximum absolute atomic E-state index is 13.3. The highest BCUT2D eigenvalue weighted by atomic mass is 17.2. The van der Waals surface area contributed by atoms with Crippen LogP contribution < -0.4 is 0 Å². The summed E-state index contributed by atoms with van der Waals surface area (Å²) in [6.07, 6.45) is 4.46. The van der Waals surface area contributed by atoms with Gasteiger partial charge in [0.05, 0.1) is 29.9 Å². The highest BCUT2D eigenvalue weighted by Crippen LogP contribution is 2.40. The molecule has 0 spiro atoms. The van der Waals surface area contributed by atoms with E-state index < -0.39 is 22.9 Å². The summed E-state index contributed by atoms with van der Waals surface area (Å²) in [6.45, 7) is 5.50. The number of non-ortho nitro benzene ring substituents is 1. The third-order valence-electron chi connectivity index (χ3n) is 7.25. The largest absolute Gasteiger partial charge is 0.358 e. The standard InChI is InChI=1S/C26H36N2O9/c1-17(16-35-23-8-4-6-14-34-23)25-24(26(30)27(25)21-7-3-5-13-33-21)18(2)36-37-22(29)15-19-9-11-20(12-10-19)28(31)32/h9-12,17-18,21,23-25H,3-8,13-16H2,1-2H3/t17?,18?,21?,23?,24-,25-/m1/s1. The Morgan fingerprint density at radius 3 is 2.43 bits per heavy atom. The average Bonchev–Trinajstić information content (AvgIpc) is 2.90. The van der Waals surface area contributed by atoms with Gasteiger partial charge in [0, 0.05) is 31.3 Å². The molecule has 0 bridgehead atoms. The lowest BCUT2D eigenvalue weighted by Crippen LogP contribution is -2.70. The van der Waals surface area contributed by atoms with Gasteiger partial charge in [-0.3, -0.25) is 19.8 Å². The van der Waals surface area contributed by atoms with Gasteiger partial charge in [-0.25, -0.2) is 4.79 Å². The lowest BCUT2D eigenvalue weighted by Gasteiger charge is -2.54. The summed E-state index contributed by atoms with van der Waals surface area (Å²) >= 11 is 0. The number of ether oxygens (including phenoxy) is 3. The van der Waals surface area contributed by atoms with E-state index in [-0.39, 0.29) is 42.5 Å². The average molecular weight is 521 g/mol. The van der Waals surface area contributed by atoms with Gasteiger partial charge in [0.25, 0.3) is 5.69 Å². The van der Waals surface area contributed by atoms with Crippen molar-refractivity contribution in [2.24, 2.45) is 11.8 Å². The molecule has 3 aliphatic rings. The Labute approximate surface area is 216 Å². The fraction of sp³-hybridized carbons (Fsp3) is 0.692. The van der Waals surface area contributed by atoms with E-state index in [1.807, 2.05) is 6.92 Å². The summed E-state index contributed by atoms with van der Waals surface area (Å²) in [5.41, 5.74) is 0.497. The molecule has 1 aromatic rings. The van der Waals surface area contributed by atoms with Gasteiger partial charge < -0.3 is 19.1 Å². The zero-order chi connectivity index (χ0) is 26.4. The van der Waals surface area contributed by atoms with E-state index in [1.165, 1.54) is 24.3 Å². The quantitative estimate of drug-likeness (QED) is 0.186. The van der Waals surface area contributed by atoms with Crippen LogP contribution in [0.4, 0.5) is 5.69 Å². The van der Waals surface area contributed by atoms with Crippen molar-refractivity contribution in [1.29, 1.82) is 0 Å². The number of β-lactam (4-membered cyclic amide) rings is 1. The Morgan fingerprint density at radius 1 is 1.11 bits per heavy atom. The minimum Gasteiger partial charge on any atom is -0.358 e. The molecule has 3 aliphatic heterocycles. The van der Waals surface area contributed by atoms with Crippen LogP contribution in [-0.2, 0) is 40.0 Å². The molecule has 6 atom stereocenters. The van der Waals surface area contributed by atoms with Crippen molar-refractivity contribution in [2.45, 2.75) is 83.5 Å². The fourth-order valence-corrected chi connectivity index (χ4v) is 5.26. The topological polar surface area (TPSA) is 127 Å². The normalized spacial score (nSPS) is 27.7. The zero-order valence-corrected chi connectivity index (χ0v) is 21.4. The summed E-state index contributed by atoms with van der Waals surface area (Å²) in [6, 6.07) is 5.45. The van der Waals surface area contributed by atoms with Crippen molar-refractivity contribution in [1.82, 2.24) is 4.90 Å². The Hall–Kier alpha value is -2.60. The van der Waals surface area contributed by atoms with E-state index in [1.54, 1.807) is 11.8 Å². The van der Waals surface area contributed by atoms with E-state index in [2.05, 4.69) is 0 Å². The van der Waals surface area contributed by atoms with Gasteiger partial charge in [-0.05, 0) is 51.0 Å². The smallest absolute Gasteiger partial charge is 0.346 e. The molecule has 11 nitrogen and oxygen atoms in total. The van der Waals surface area contributed by atoms with Gasteiger partial charge in [0.2, 0.25) is 5.91 Å². The summed E-state index contributed by atoms with van der Waals surface area (Å²) in [7, 11) is 0. The number of rotatable bonds is 11. The number of carbonyl (C=O) groups excluding carboxylic acids is 2. The molecule has 0 N–H and O–H groups in total. The highest BCUT2D eigenvalue weighted by Gasteiger charge is 2.56. The van der Waals surface area contributed by atoms with Crippen LogP contribution in [-0.4, -0.2) is 66.2 Å². The number of carbonyl (C=O) groups is 2. The van der Waals surface area contributed by atoms with Crippen LogP contribution >= 0.6 is 0 Å². The van der Waals surface area contributed by atoms with Crippen LogP contribution in [0.2, 0.25) is 0 Å². The van der Waals surface area contributed by atoms with Crippen LogP contribution in [0.15, 0.2) is 24.3 Å². The van der Waals surface area contributed by atoms with Crippen LogP contribution in [0.5, 0.6) is 0 Å². The molecule has 0 aromatic heterocycles. The lowest BCUT2D eigenvalue weighted by atomic mass is 9.76. The van der Waals surface area contributed by atoms with Crippen molar-refractivity contribution in [3.8, 4) is 0 Å². The Balaban J connectivity index is 1.34. The third kappa shape index (κ3) is 6.84. The second-order valence-corrected chi connectivity index (χ2v) is 10.0. The Morgan fingerprint density at radius 2 is 1.81 bits per heavy atom. The number of hydrogen-bond donors (Lipinski definition) is 0. The first kappa shape index (κ1) is 27.4. The van der Waals surface area contributed by atoms with Gasteiger partial charge in [-0.1, -0.05) is 19.1 Å². The van der Waals surface area contributed by atoms with Gasteiger partial charge in [-0.15, -0.1) is 0 Å². The van der Waals surface area contributed by atoms with Gasteiger partial charge in [-0.2, -0.15) is 4.89 Å². The molecule has 37 heavy (non-hydrogen) atoms. The molecular formula is C26H36N2O9. The SMILES string of the molecule is CC(OOC(=O)Cc1ccc([N+](=O)[O-])cc1)[C@H]1C(=O)N(C2CCCCO2)[C@@H]1C(C)COC1CCCCO1. The molecule has 1 amide bonds. The molecule has 0 saturated carbocycles. The molecule has 3 heterocycles. The molecule has 4 rings (SSSR count). The minimum atomic E-state index is -0.675. The molecule has 11 heteroatoms. The molecule has 3 fully saturated rings. The van der Waals surface area contributed by atoms with Crippen molar-refractivity contribution in [2.75, 3.05) is 19.8 Å². The Kier molecular flexibility index (Phi) is 9.47. The molecule has 1 aromatic carbocycles. The van der Waals surface area contributed by atoms with E-state index in [4.69, 9.17) is 24.0 Å². The van der Waals surface area contributed by atoms with Crippen molar-refractivity contribution in [3.05, 3.63) is 39.9 Å². The molecule has 4 unspecified atom stereocenters. The predicted molar refractivity (Wildman–Crippen MR) is 130 cm³/mol. The highest BCUT2D eigenvalue weighted by molar-refractivity contribution is 5.87. The summed E-state index contributed by atoms with van der Waals surface area (Å²) in [5.74, 6) is -1.26. The summed E-state index contributed by atoms with van der Waals surface area (Å²) in [5, 5.41) is 10.8. The summed E-state index contributed by atoms with van der Waals surface area (Å²) < 4.78 is 17.6. The molecule has 0 radical (unpaired) electrons. The number of nitro groups is 1. The molecular weight excluding hydrogens is 484 g/mol. The van der Waals surface area contributed by atoms with Gasteiger partial charge >= 0.3 is 5.97 Å². The van der Waals surface area contributed by atoms with Crippen molar-refractivity contribution >= 4 is 17.6 Å². The zero-order valence-electron chi connectivity index (χ0n) is 21.4. The van der Waals surface area contributed by atoms with Crippen LogP contribution in [0.1, 0.15) is 57.9 Å². The molecule has 0 aliphatic carbocycles.